The summed E-state index contributed by atoms with van der Waals surface area (Å²) in [4.78, 5) is 14.2. The third-order valence-corrected chi connectivity index (χ3v) is 1.90. The SMILES string of the molecule is Cc1ncc(CO)c(C=NNC(N)=O)c1O. The van der Waals surface area contributed by atoms with Crippen molar-refractivity contribution < 1.29 is 15.0 Å². The van der Waals surface area contributed by atoms with Crippen LogP contribution >= 0.6 is 0 Å². The van der Waals surface area contributed by atoms with Crippen LogP contribution in [0.1, 0.15) is 16.8 Å². The minimum absolute atomic E-state index is 0.0958. The van der Waals surface area contributed by atoms with Gasteiger partial charge in [-0.3, -0.25) is 4.98 Å². The smallest absolute Gasteiger partial charge is 0.332 e. The first-order valence-electron chi connectivity index (χ1n) is 4.43. The number of rotatable bonds is 3. The molecule has 0 aromatic carbocycles. The van der Waals surface area contributed by atoms with E-state index in [2.05, 4.69) is 10.1 Å². The zero-order valence-electron chi connectivity index (χ0n) is 8.64. The number of aromatic hydroxyl groups is 1. The van der Waals surface area contributed by atoms with Crippen LogP contribution in [0.15, 0.2) is 11.3 Å². The van der Waals surface area contributed by atoms with E-state index in [-0.39, 0.29) is 12.4 Å². The Labute approximate surface area is 91.6 Å². The van der Waals surface area contributed by atoms with E-state index < -0.39 is 6.03 Å². The van der Waals surface area contributed by atoms with Gasteiger partial charge in [-0.25, -0.2) is 10.2 Å². The van der Waals surface area contributed by atoms with Gasteiger partial charge in [-0.2, -0.15) is 5.10 Å². The summed E-state index contributed by atoms with van der Waals surface area (Å²) in [6.45, 7) is 1.31. The molecule has 0 aliphatic carbocycles. The van der Waals surface area contributed by atoms with Gasteiger partial charge < -0.3 is 15.9 Å². The lowest BCUT2D eigenvalue weighted by Gasteiger charge is -2.06. The molecule has 0 aliphatic heterocycles. The number of nitrogens with two attached hydrogens (primary N) is 1. The molecule has 7 heteroatoms. The van der Waals surface area contributed by atoms with Crippen molar-refractivity contribution in [2.75, 3.05) is 0 Å². The van der Waals surface area contributed by atoms with Crippen molar-refractivity contribution in [2.24, 2.45) is 10.8 Å². The summed E-state index contributed by atoms with van der Waals surface area (Å²) in [6.07, 6.45) is 2.61. The summed E-state index contributed by atoms with van der Waals surface area (Å²) >= 11 is 0. The highest BCUT2D eigenvalue weighted by molar-refractivity contribution is 5.86. The van der Waals surface area contributed by atoms with Crippen LogP contribution in [0.3, 0.4) is 0 Å². The second-order valence-corrected chi connectivity index (χ2v) is 3.02. The summed E-state index contributed by atoms with van der Waals surface area (Å²) in [6, 6.07) is -0.813. The number of carbonyl (C=O) groups excluding carboxylic acids is 1. The van der Waals surface area contributed by atoms with Gasteiger partial charge in [-0.15, -0.1) is 0 Å². The lowest BCUT2D eigenvalue weighted by molar-refractivity contribution is 0.249. The molecule has 86 valence electrons. The zero-order chi connectivity index (χ0) is 12.1. The molecule has 16 heavy (non-hydrogen) atoms. The van der Waals surface area contributed by atoms with Crippen LogP contribution in [-0.4, -0.2) is 27.4 Å². The zero-order valence-corrected chi connectivity index (χ0v) is 8.64. The Hall–Kier alpha value is -2.15. The monoisotopic (exact) mass is 224 g/mol. The Balaban J connectivity index is 3.05. The number of pyridine rings is 1. The van der Waals surface area contributed by atoms with Crippen molar-refractivity contribution in [1.29, 1.82) is 0 Å². The number of aliphatic hydroxyl groups excluding tert-OH is 1. The molecule has 7 nitrogen and oxygen atoms in total. The van der Waals surface area contributed by atoms with E-state index in [4.69, 9.17) is 10.8 Å². The summed E-state index contributed by atoms with van der Waals surface area (Å²) in [5, 5.41) is 22.2. The second-order valence-electron chi connectivity index (χ2n) is 3.02. The van der Waals surface area contributed by atoms with Crippen molar-refractivity contribution in [3.05, 3.63) is 23.0 Å². The minimum Gasteiger partial charge on any atom is -0.505 e. The molecule has 0 fully saturated rings. The Morgan fingerprint density at radius 3 is 3.00 bits per heavy atom. The number of aromatic nitrogens is 1. The number of urea groups is 1. The number of hydrogen-bond donors (Lipinski definition) is 4. The average Bonchev–Trinajstić information content (AvgIpc) is 2.24. The molecule has 0 atom stereocenters. The molecule has 1 aromatic heterocycles. The number of aliphatic hydroxyl groups is 1. The van der Waals surface area contributed by atoms with Gasteiger partial charge in [0, 0.05) is 17.3 Å². The van der Waals surface area contributed by atoms with Gasteiger partial charge in [0.25, 0.3) is 0 Å². The maximum atomic E-state index is 10.4. The Kier molecular flexibility index (Phi) is 3.78. The Morgan fingerprint density at radius 2 is 2.44 bits per heavy atom. The lowest BCUT2D eigenvalue weighted by Crippen LogP contribution is -2.24. The molecular formula is C9H12N4O3. The second kappa shape index (κ2) is 5.08. The number of aryl methyl sites for hydroxylation is 1. The molecule has 0 saturated carbocycles. The highest BCUT2D eigenvalue weighted by Gasteiger charge is 2.09. The number of nitrogens with zero attached hydrogens (tertiary/aromatic N) is 2. The highest BCUT2D eigenvalue weighted by atomic mass is 16.3. The van der Waals surface area contributed by atoms with Crippen LogP contribution in [0.25, 0.3) is 0 Å². The molecule has 1 rings (SSSR count). The number of amides is 2. The van der Waals surface area contributed by atoms with Gasteiger partial charge in [0.1, 0.15) is 5.75 Å². The van der Waals surface area contributed by atoms with Crippen molar-refractivity contribution in [3.8, 4) is 5.75 Å². The summed E-state index contributed by atoms with van der Waals surface area (Å²) in [5.74, 6) is -0.0958. The van der Waals surface area contributed by atoms with Crippen molar-refractivity contribution in [2.45, 2.75) is 13.5 Å². The predicted octanol–water partition coefficient (Wildman–Crippen LogP) is -0.410. The lowest BCUT2D eigenvalue weighted by atomic mass is 10.1. The fourth-order valence-corrected chi connectivity index (χ4v) is 1.08. The maximum Gasteiger partial charge on any atom is 0.332 e. The molecular weight excluding hydrogens is 212 g/mol. The van der Waals surface area contributed by atoms with E-state index in [0.29, 0.717) is 16.8 Å². The Morgan fingerprint density at radius 1 is 1.75 bits per heavy atom. The van der Waals surface area contributed by atoms with Crippen LogP contribution in [0.4, 0.5) is 4.79 Å². The van der Waals surface area contributed by atoms with Crippen molar-refractivity contribution in [3.63, 3.8) is 0 Å². The van der Waals surface area contributed by atoms with E-state index in [1.165, 1.54) is 12.4 Å². The average molecular weight is 224 g/mol. The number of hydrogen-bond acceptors (Lipinski definition) is 5. The van der Waals surface area contributed by atoms with E-state index in [1.54, 1.807) is 6.92 Å². The number of carbonyl (C=O) groups is 1. The van der Waals surface area contributed by atoms with Gasteiger partial charge in [0.2, 0.25) is 0 Å². The molecule has 5 N–H and O–H groups in total. The van der Waals surface area contributed by atoms with Crippen molar-refractivity contribution in [1.82, 2.24) is 10.4 Å². The van der Waals surface area contributed by atoms with E-state index >= 15 is 0 Å². The van der Waals surface area contributed by atoms with Crippen LogP contribution in [0, 0.1) is 6.92 Å². The Bertz CT molecular complexity index is 431. The van der Waals surface area contributed by atoms with Gasteiger partial charge in [0.05, 0.1) is 18.5 Å². The van der Waals surface area contributed by atoms with Crippen LogP contribution in [0.5, 0.6) is 5.75 Å². The fraction of sp³-hybridized carbons (Fsp3) is 0.222. The molecule has 0 unspecified atom stereocenters. The maximum absolute atomic E-state index is 10.4. The topological polar surface area (TPSA) is 121 Å². The number of hydrazone groups is 1. The quantitative estimate of drug-likeness (QED) is 0.412. The fourth-order valence-electron chi connectivity index (χ4n) is 1.08. The van der Waals surface area contributed by atoms with Crippen LogP contribution < -0.4 is 11.2 Å². The van der Waals surface area contributed by atoms with Gasteiger partial charge in [-0.1, -0.05) is 0 Å². The first kappa shape index (κ1) is 11.9. The van der Waals surface area contributed by atoms with Gasteiger partial charge in [-0.05, 0) is 6.92 Å². The molecule has 1 aromatic rings. The molecule has 1 heterocycles. The molecule has 0 bridgehead atoms. The van der Waals surface area contributed by atoms with E-state index in [0.717, 1.165) is 0 Å². The molecule has 0 saturated heterocycles. The molecule has 2 amide bonds. The first-order valence-corrected chi connectivity index (χ1v) is 4.43. The molecule has 0 aliphatic rings. The summed E-state index contributed by atoms with van der Waals surface area (Å²) in [5.41, 5.74) is 7.89. The number of primary amides is 1. The highest BCUT2D eigenvalue weighted by Crippen LogP contribution is 2.21. The summed E-state index contributed by atoms with van der Waals surface area (Å²) in [7, 11) is 0. The van der Waals surface area contributed by atoms with Gasteiger partial charge >= 0.3 is 6.03 Å². The van der Waals surface area contributed by atoms with E-state index in [9.17, 15) is 9.90 Å². The first-order chi connectivity index (χ1) is 7.56. The van der Waals surface area contributed by atoms with Crippen LogP contribution in [-0.2, 0) is 6.61 Å². The normalized spacial score (nSPS) is 10.6. The van der Waals surface area contributed by atoms with Gasteiger partial charge in [0.15, 0.2) is 0 Å². The van der Waals surface area contributed by atoms with Crippen molar-refractivity contribution >= 4 is 12.2 Å². The van der Waals surface area contributed by atoms with E-state index in [1.807, 2.05) is 5.43 Å². The van der Waals surface area contributed by atoms with Crippen LogP contribution in [0.2, 0.25) is 0 Å². The predicted molar refractivity (Wildman–Crippen MR) is 56.9 cm³/mol. The third-order valence-electron chi connectivity index (χ3n) is 1.90. The standard InChI is InChI=1S/C9H12N4O3/c1-5-8(15)7(3-12-13-9(10)16)6(4-14)2-11-5/h2-3,14-15H,4H2,1H3,(H3,10,13,16). The molecule has 0 radical (unpaired) electrons. The third kappa shape index (κ3) is 2.67. The minimum atomic E-state index is -0.813. The number of nitrogens with one attached hydrogen (secondary N) is 1. The molecule has 0 spiro atoms. The summed E-state index contributed by atoms with van der Waals surface area (Å²) < 4.78 is 0. The largest absolute Gasteiger partial charge is 0.505 e.